The van der Waals surface area contributed by atoms with E-state index in [0.717, 1.165) is 35.9 Å². The Balaban J connectivity index is 1.47. The minimum atomic E-state index is -0.362. The maximum atomic E-state index is 9.77. The van der Waals surface area contributed by atoms with Crippen LogP contribution < -0.4 is 5.73 Å². The summed E-state index contributed by atoms with van der Waals surface area (Å²) in [7, 11) is 0. The van der Waals surface area contributed by atoms with Crippen LogP contribution in [-0.4, -0.2) is 36.9 Å². The average molecular weight is 325 g/mol. The van der Waals surface area contributed by atoms with Crippen molar-refractivity contribution in [3.8, 4) is 11.1 Å². The molecule has 4 rings (SSSR count). The van der Waals surface area contributed by atoms with Gasteiger partial charge in [0, 0.05) is 30.2 Å². The maximum Gasteiger partial charge on any atom is 0.153 e. The van der Waals surface area contributed by atoms with Crippen LogP contribution in [0, 0.1) is 0 Å². The fraction of sp³-hybridized carbons (Fsp3) is 0.353. The predicted octanol–water partition coefficient (Wildman–Crippen LogP) is 1.80. The molecule has 3 N–H and O–H groups in total. The van der Waals surface area contributed by atoms with Crippen molar-refractivity contribution in [2.24, 2.45) is 0 Å². The van der Waals surface area contributed by atoms with Crippen molar-refractivity contribution >= 4 is 11.3 Å². The zero-order valence-electron chi connectivity index (χ0n) is 13.2. The number of aromatic nitrogens is 4. The third-order valence-electron chi connectivity index (χ3n) is 4.37. The molecule has 0 saturated heterocycles. The second-order valence-electron chi connectivity index (χ2n) is 6.09. The van der Waals surface area contributed by atoms with E-state index in [0.29, 0.717) is 18.2 Å². The summed E-state index contributed by atoms with van der Waals surface area (Å²) in [5.74, 6) is 1.11. The Morgan fingerprint density at radius 1 is 1.21 bits per heavy atom. The lowest BCUT2D eigenvalue weighted by Gasteiger charge is -2.14. The summed E-state index contributed by atoms with van der Waals surface area (Å²) >= 11 is 0. The van der Waals surface area contributed by atoms with Crippen molar-refractivity contribution in [2.45, 2.75) is 38.1 Å². The van der Waals surface area contributed by atoms with Gasteiger partial charge in [0.05, 0.1) is 17.7 Å². The number of nitrogens with two attached hydrogens (primary N) is 1. The van der Waals surface area contributed by atoms with Crippen molar-refractivity contribution in [2.75, 3.05) is 5.73 Å². The molecule has 0 amide bonds. The Labute approximate surface area is 139 Å². The molecule has 2 atom stereocenters. The summed E-state index contributed by atoms with van der Waals surface area (Å²) in [6.45, 7) is 0.320. The molecule has 124 valence electrons. The topological polar surface area (TPSA) is 98.6 Å². The van der Waals surface area contributed by atoms with Gasteiger partial charge in [-0.25, -0.2) is 14.5 Å². The number of ether oxygens (including phenoxy) is 1. The number of pyridine rings is 1. The van der Waals surface area contributed by atoms with E-state index >= 15 is 0 Å². The van der Waals surface area contributed by atoms with Crippen LogP contribution in [0.15, 0.2) is 36.8 Å². The van der Waals surface area contributed by atoms with Gasteiger partial charge in [0.2, 0.25) is 0 Å². The Bertz CT molecular complexity index is 846. The molecular weight excluding hydrogens is 306 g/mol. The smallest absolute Gasteiger partial charge is 0.153 e. The normalized spacial score (nSPS) is 20.7. The second-order valence-corrected chi connectivity index (χ2v) is 6.09. The van der Waals surface area contributed by atoms with Gasteiger partial charge in [-0.3, -0.25) is 0 Å². The molecule has 1 fully saturated rings. The highest BCUT2D eigenvalue weighted by atomic mass is 16.5. The molecule has 3 aromatic rings. The van der Waals surface area contributed by atoms with Crippen LogP contribution in [0.25, 0.3) is 16.6 Å². The highest BCUT2D eigenvalue weighted by Gasteiger charge is 2.25. The van der Waals surface area contributed by atoms with Crippen LogP contribution in [0.2, 0.25) is 0 Å². The van der Waals surface area contributed by atoms with Gasteiger partial charge in [0.1, 0.15) is 12.4 Å². The number of rotatable bonds is 4. The first-order valence-electron chi connectivity index (χ1n) is 8.05. The summed E-state index contributed by atoms with van der Waals surface area (Å²) < 4.78 is 7.44. The molecule has 1 aliphatic rings. The van der Waals surface area contributed by atoms with Gasteiger partial charge in [0.15, 0.2) is 5.82 Å². The van der Waals surface area contributed by atoms with Gasteiger partial charge in [-0.05, 0) is 37.0 Å². The van der Waals surface area contributed by atoms with E-state index < -0.39 is 0 Å². The largest absolute Gasteiger partial charge is 0.390 e. The van der Waals surface area contributed by atoms with E-state index in [9.17, 15) is 5.11 Å². The molecule has 3 aromatic heterocycles. The Morgan fingerprint density at radius 2 is 2.04 bits per heavy atom. The van der Waals surface area contributed by atoms with Gasteiger partial charge in [-0.2, -0.15) is 5.10 Å². The molecule has 0 unspecified atom stereocenters. The van der Waals surface area contributed by atoms with Crippen molar-refractivity contribution in [3.05, 3.63) is 42.6 Å². The number of nitrogen functional groups attached to an aromatic ring is 1. The lowest BCUT2D eigenvalue weighted by atomic mass is 10.1. The van der Waals surface area contributed by atoms with Crippen LogP contribution in [0.1, 0.15) is 25.1 Å². The highest BCUT2D eigenvalue weighted by Crippen LogP contribution is 2.23. The Hall–Kier alpha value is -2.51. The summed E-state index contributed by atoms with van der Waals surface area (Å²) in [6.07, 6.45) is 7.68. The Morgan fingerprint density at radius 3 is 2.79 bits per heavy atom. The van der Waals surface area contributed by atoms with Crippen LogP contribution in [0.5, 0.6) is 0 Å². The molecule has 0 aliphatic heterocycles. The zero-order chi connectivity index (χ0) is 16.5. The standard InChI is InChI=1S/C17H19N5O2/c18-16-7-13-6-11(4-5-22(13)21-16)12-8-19-17(20-9-12)10-24-15-3-1-2-14(15)23/h4-9,14-15,23H,1-3,10H2,(H2,18,21)/t14-,15-/m0/s1. The first-order valence-corrected chi connectivity index (χ1v) is 8.05. The van der Waals surface area contributed by atoms with Gasteiger partial charge in [-0.1, -0.05) is 0 Å². The molecular formula is C17H19N5O2. The zero-order valence-corrected chi connectivity index (χ0v) is 13.2. The van der Waals surface area contributed by atoms with E-state index in [2.05, 4.69) is 15.1 Å². The number of nitrogens with zero attached hydrogens (tertiary/aromatic N) is 4. The summed E-state index contributed by atoms with van der Waals surface area (Å²) in [4.78, 5) is 8.72. The number of hydrogen-bond donors (Lipinski definition) is 2. The summed E-state index contributed by atoms with van der Waals surface area (Å²) in [6, 6.07) is 5.76. The summed E-state index contributed by atoms with van der Waals surface area (Å²) in [5.41, 5.74) is 8.55. The lowest BCUT2D eigenvalue weighted by molar-refractivity contribution is -0.0295. The number of fused-ring (bicyclic) bond motifs is 1. The molecule has 0 spiro atoms. The molecule has 7 nitrogen and oxygen atoms in total. The molecule has 1 saturated carbocycles. The molecule has 1 aliphatic carbocycles. The van der Waals surface area contributed by atoms with Crippen LogP contribution in [0.4, 0.5) is 5.82 Å². The fourth-order valence-corrected chi connectivity index (χ4v) is 3.05. The van der Waals surface area contributed by atoms with E-state index in [-0.39, 0.29) is 12.2 Å². The number of aliphatic hydroxyl groups excluding tert-OH is 1. The van der Waals surface area contributed by atoms with Crippen molar-refractivity contribution in [3.63, 3.8) is 0 Å². The van der Waals surface area contributed by atoms with Crippen molar-refractivity contribution in [1.29, 1.82) is 0 Å². The van der Waals surface area contributed by atoms with Crippen molar-refractivity contribution < 1.29 is 9.84 Å². The fourth-order valence-electron chi connectivity index (χ4n) is 3.05. The minimum Gasteiger partial charge on any atom is -0.390 e. The average Bonchev–Trinajstić information content (AvgIpc) is 3.17. The third-order valence-corrected chi connectivity index (χ3v) is 4.37. The SMILES string of the molecule is Nc1cc2cc(-c3cnc(CO[C@H]4CCC[C@@H]4O)nc3)ccn2n1. The number of hydrogen-bond acceptors (Lipinski definition) is 6. The minimum absolute atomic E-state index is 0.0944. The van der Waals surface area contributed by atoms with E-state index in [1.165, 1.54) is 0 Å². The molecule has 0 bridgehead atoms. The monoisotopic (exact) mass is 325 g/mol. The quantitative estimate of drug-likeness (QED) is 0.759. The van der Waals surface area contributed by atoms with Gasteiger partial charge < -0.3 is 15.6 Å². The Kier molecular flexibility index (Phi) is 3.87. The second kappa shape index (κ2) is 6.18. The number of aliphatic hydroxyl groups is 1. The van der Waals surface area contributed by atoms with Gasteiger partial charge in [0.25, 0.3) is 0 Å². The van der Waals surface area contributed by atoms with Gasteiger partial charge >= 0.3 is 0 Å². The van der Waals surface area contributed by atoms with Gasteiger partial charge in [-0.15, -0.1) is 0 Å². The number of anilines is 1. The maximum absolute atomic E-state index is 9.77. The molecule has 0 radical (unpaired) electrons. The first kappa shape index (κ1) is 15.0. The molecule has 3 heterocycles. The van der Waals surface area contributed by atoms with Crippen LogP contribution in [0.3, 0.4) is 0 Å². The molecule has 7 heteroatoms. The van der Waals surface area contributed by atoms with Crippen molar-refractivity contribution in [1.82, 2.24) is 19.6 Å². The van der Waals surface area contributed by atoms with E-state index in [4.69, 9.17) is 10.5 Å². The third kappa shape index (κ3) is 2.95. The van der Waals surface area contributed by atoms with E-state index in [1.807, 2.05) is 24.4 Å². The molecule has 24 heavy (non-hydrogen) atoms. The van der Waals surface area contributed by atoms with E-state index in [1.54, 1.807) is 16.9 Å². The molecule has 0 aromatic carbocycles. The van der Waals surface area contributed by atoms with Crippen LogP contribution >= 0.6 is 0 Å². The predicted molar refractivity (Wildman–Crippen MR) is 89.1 cm³/mol. The highest BCUT2D eigenvalue weighted by molar-refractivity contribution is 5.68. The first-order chi connectivity index (χ1) is 11.7. The lowest BCUT2D eigenvalue weighted by Crippen LogP contribution is -2.22. The summed E-state index contributed by atoms with van der Waals surface area (Å²) in [5, 5.41) is 13.9. The van der Waals surface area contributed by atoms with Crippen LogP contribution in [-0.2, 0) is 11.3 Å².